The van der Waals surface area contributed by atoms with Crippen LogP contribution in [0.1, 0.15) is 44.4 Å². The van der Waals surface area contributed by atoms with Crippen molar-refractivity contribution in [3.8, 4) is 0 Å². The van der Waals surface area contributed by atoms with Crippen LogP contribution in [-0.4, -0.2) is 54.3 Å². The van der Waals surface area contributed by atoms with Gasteiger partial charge in [0.15, 0.2) is 0 Å². The number of halogens is 1. The molecule has 0 aliphatic carbocycles. The summed E-state index contributed by atoms with van der Waals surface area (Å²) in [5.41, 5.74) is 3.20. The van der Waals surface area contributed by atoms with Crippen LogP contribution in [0.25, 0.3) is 0 Å². The largest absolute Gasteiger partial charge is 0.335 e. The van der Waals surface area contributed by atoms with Gasteiger partial charge in [0.25, 0.3) is 0 Å². The third kappa shape index (κ3) is 5.74. The highest BCUT2D eigenvalue weighted by atomic mass is 79.9. The summed E-state index contributed by atoms with van der Waals surface area (Å²) in [5, 5.41) is 0. The Labute approximate surface area is 194 Å². The maximum Gasteiger partial charge on any atom is 0.229 e. The van der Waals surface area contributed by atoms with E-state index in [9.17, 15) is 9.59 Å². The highest BCUT2D eigenvalue weighted by molar-refractivity contribution is 9.10. The Morgan fingerprint density at radius 1 is 1.06 bits per heavy atom. The molecule has 0 saturated carbocycles. The Kier molecular flexibility index (Phi) is 8.27. The Bertz CT molecular complexity index is 913. The first-order valence-corrected chi connectivity index (χ1v) is 11.9. The second-order valence-corrected chi connectivity index (χ2v) is 8.85. The first kappa shape index (κ1) is 23.5. The summed E-state index contributed by atoms with van der Waals surface area (Å²) < 4.78 is 0.944. The number of benzene rings is 2. The lowest BCUT2D eigenvalue weighted by molar-refractivity contribution is -0.133. The van der Waals surface area contributed by atoms with Gasteiger partial charge in [-0.05, 0) is 48.8 Å². The molecule has 0 radical (unpaired) electrons. The number of hydrogen-bond donors (Lipinski definition) is 0. The van der Waals surface area contributed by atoms with Gasteiger partial charge in [-0.1, -0.05) is 60.1 Å². The van der Waals surface area contributed by atoms with E-state index in [0.29, 0.717) is 13.1 Å². The summed E-state index contributed by atoms with van der Waals surface area (Å²) in [6.07, 6.45) is 1.11. The van der Waals surface area contributed by atoms with Crippen molar-refractivity contribution in [2.75, 3.05) is 37.6 Å². The highest BCUT2D eigenvalue weighted by Gasteiger charge is 2.32. The van der Waals surface area contributed by atoms with Crippen LogP contribution in [-0.2, 0) is 16.0 Å². The van der Waals surface area contributed by atoms with Gasteiger partial charge in [-0.2, -0.15) is 0 Å². The Balaban J connectivity index is 1.88. The van der Waals surface area contributed by atoms with Gasteiger partial charge in [0.1, 0.15) is 0 Å². The van der Waals surface area contributed by atoms with Crippen molar-refractivity contribution in [2.45, 2.75) is 39.7 Å². The highest BCUT2D eigenvalue weighted by Crippen LogP contribution is 2.33. The first-order chi connectivity index (χ1) is 14.9. The Hall–Kier alpha value is -2.18. The second-order valence-electron chi connectivity index (χ2n) is 7.93. The lowest BCUT2D eigenvalue weighted by Crippen LogP contribution is -2.44. The molecule has 0 fully saturated rings. The minimum absolute atomic E-state index is 0.0180. The third-order valence-corrected chi connectivity index (χ3v) is 6.63. The number of amides is 2. The van der Waals surface area contributed by atoms with Crippen LogP contribution in [0.2, 0.25) is 0 Å². The molecule has 6 heteroatoms. The van der Waals surface area contributed by atoms with Gasteiger partial charge in [-0.3, -0.25) is 9.59 Å². The van der Waals surface area contributed by atoms with E-state index in [1.165, 1.54) is 5.56 Å². The van der Waals surface area contributed by atoms with Crippen LogP contribution < -0.4 is 4.90 Å². The molecule has 31 heavy (non-hydrogen) atoms. The molecule has 0 bridgehead atoms. The molecule has 0 spiro atoms. The number of carbonyl (C=O) groups is 2. The number of fused-ring (bicyclic) bond motifs is 1. The van der Waals surface area contributed by atoms with Crippen LogP contribution in [0.15, 0.2) is 53.0 Å². The predicted molar refractivity (Wildman–Crippen MR) is 129 cm³/mol. The van der Waals surface area contributed by atoms with E-state index >= 15 is 0 Å². The van der Waals surface area contributed by atoms with Crippen LogP contribution in [0, 0.1) is 0 Å². The maximum absolute atomic E-state index is 13.6. The summed E-state index contributed by atoms with van der Waals surface area (Å²) in [6, 6.07) is 15.8. The molecule has 1 atom stereocenters. The van der Waals surface area contributed by atoms with Gasteiger partial charge >= 0.3 is 0 Å². The molecule has 1 aliphatic heterocycles. The zero-order valence-electron chi connectivity index (χ0n) is 18.7. The molecule has 5 nitrogen and oxygen atoms in total. The van der Waals surface area contributed by atoms with Crippen molar-refractivity contribution in [3.05, 3.63) is 64.1 Å². The molecular formula is C25H32BrN3O2. The minimum Gasteiger partial charge on any atom is -0.335 e. The lowest BCUT2D eigenvalue weighted by atomic mass is 9.90. The average Bonchev–Trinajstić information content (AvgIpc) is 2.76. The molecule has 1 unspecified atom stereocenters. The van der Waals surface area contributed by atoms with Crippen molar-refractivity contribution < 1.29 is 9.59 Å². The van der Waals surface area contributed by atoms with Crippen LogP contribution in [0.3, 0.4) is 0 Å². The normalized spacial score (nSPS) is 15.6. The van der Waals surface area contributed by atoms with Crippen molar-refractivity contribution in [2.24, 2.45) is 0 Å². The maximum atomic E-state index is 13.6. The summed E-state index contributed by atoms with van der Waals surface area (Å²) in [7, 11) is 0. The summed E-state index contributed by atoms with van der Waals surface area (Å²) in [4.78, 5) is 32.1. The summed E-state index contributed by atoms with van der Waals surface area (Å²) >= 11 is 3.53. The molecule has 2 amide bonds. The molecule has 1 aliphatic rings. The number of carbonyl (C=O) groups excluding carboxylic acids is 2. The molecule has 2 aromatic carbocycles. The van der Waals surface area contributed by atoms with Crippen molar-refractivity contribution >= 4 is 33.4 Å². The number of anilines is 1. The van der Waals surface area contributed by atoms with Gasteiger partial charge in [0.05, 0.1) is 12.5 Å². The number of likely N-dealkylation sites (N-methyl/N-ethyl adjacent to an activating group) is 1. The van der Waals surface area contributed by atoms with Crippen LogP contribution >= 0.6 is 15.9 Å². The van der Waals surface area contributed by atoms with Gasteiger partial charge in [-0.25, -0.2) is 0 Å². The second kappa shape index (κ2) is 10.9. The van der Waals surface area contributed by atoms with E-state index in [-0.39, 0.29) is 24.3 Å². The van der Waals surface area contributed by atoms with Gasteiger partial charge in [0.2, 0.25) is 11.8 Å². The Morgan fingerprint density at radius 3 is 2.48 bits per heavy atom. The molecule has 3 rings (SSSR count). The van der Waals surface area contributed by atoms with Crippen molar-refractivity contribution in [1.82, 2.24) is 9.80 Å². The van der Waals surface area contributed by atoms with Crippen LogP contribution in [0.5, 0.6) is 0 Å². The smallest absolute Gasteiger partial charge is 0.229 e. The van der Waals surface area contributed by atoms with E-state index in [0.717, 1.165) is 41.8 Å². The van der Waals surface area contributed by atoms with Crippen LogP contribution in [0.4, 0.5) is 5.69 Å². The lowest BCUT2D eigenvalue weighted by Gasteiger charge is -2.37. The molecule has 0 N–H and O–H groups in total. The fourth-order valence-corrected chi connectivity index (χ4v) is 4.73. The minimum atomic E-state index is -0.224. The first-order valence-electron chi connectivity index (χ1n) is 11.1. The van der Waals surface area contributed by atoms with Crippen molar-refractivity contribution in [3.63, 3.8) is 0 Å². The molecular weight excluding hydrogens is 454 g/mol. The van der Waals surface area contributed by atoms with E-state index in [1.807, 2.05) is 46.2 Å². The summed E-state index contributed by atoms with van der Waals surface area (Å²) in [5.74, 6) is 0.0580. The number of nitrogens with zero attached hydrogens (tertiary/aromatic N) is 3. The fraction of sp³-hybridized carbons (Fsp3) is 0.440. The van der Waals surface area contributed by atoms with E-state index in [4.69, 9.17) is 0 Å². The molecule has 0 saturated heterocycles. The predicted octanol–water partition coefficient (Wildman–Crippen LogP) is 4.66. The van der Waals surface area contributed by atoms with E-state index in [1.54, 1.807) is 6.92 Å². The number of rotatable bonds is 8. The SMILES string of the molecule is CCN(CC)CCN(C(=O)CC1c2ccccc2CCN1C(C)=O)c1cccc(Br)c1. The third-order valence-electron chi connectivity index (χ3n) is 6.14. The zero-order valence-corrected chi connectivity index (χ0v) is 20.3. The molecule has 2 aromatic rings. The van der Waals surface area contributed by atoms with Gasteiger partial charge in [0, 0.05) is 36.7 Å². The fourth-order valence-electron chi connectivity index (χ4n) is 4.35. The molecule has 1 heterocycles. The van der Waals surface area contributed by atoms with Gasteiger partial charge < -0.3 is 14.7 Å². The monoisotopic (exact) mass is 485 g/mol. The van der Waals surface area contributed by atoms with Gasteiger partial charge in [-0.15, -0.1) is 0 Å². The average molecular weight is 486 g/mol. The summed E-state index contributed by atoms with van der Waals surface area (Å²) in [6.45, 7) is 9.85. The van der Waals surface area contributed by atoms with E-state index in [2.05, 4.69) is 46.8 Å². The standard InChI is InChI=1S/C25H32BrN3O2/c1-4-27(5-2)15-16-29(22-11-8-10-21(26)17-22)25(31)18-24-23-12-7-6-9-20(23)13-14-28(24)19(3)30/h6-12,17,24H,4-5,13-16,18H2,1-3H3. The number of hydrogen-bond acceptors (Lipinski definition) is 3. The quantitative estimate of drug-likeness (QED) is 0.545. The van der Waals surface area contributed by atoms with Crippen molar-refractivity contribution in [1.29, 1.82) is 0 Å². The Morgan fingerprint density at radius 2 is 1.81 bits per heavy atom. The molecule has 0 aromatic heterocycles. The van der Waals surface area contributed by atoms with E-state index < -0.39 is 0 Å². The molecule has 166 valence electrons. The topological polar surface area (TPSA) is 43.9 Å². The zero-order chi connectivity index (χ0) is 22.4.